The molecule has 0 heterocycles. The SMILES string of the molecule is CCCCCCC(F)C(F)(F)[Si](OCC)(OCC)OCC. The minimum Gasteiger partial charge on any atom is -0.370 e. The molecule has 1 unspecified atom stereocenters. The summed E-state index contributed by atoms with van der Waals surface area (Å²) in [5.74, 6) is 0. The van der Waals surface area contributed by atoms with Crippen LogP contribution < -0.4 is 0 Å². The topological polar surface area (TPSA) is 27.7 Å². The predicted molar refractivity (Wildman–Crippen MR) is 79.2 cm³/mol. The van der Waals surface area contributed by atoms with Gasteiger partial charge in [0.05, 0.1) is 0 Å². The summed E-state index contributed by atoms with van der Waals surface area (Å²) in [7, 11) is -4.36. The number of halogens is 3. The van der Waals surface area contributed by atoms with E-state index >= 15 is 0 Å². The van der Waals surface area contributed by atoms with Crippen LogP contribution in [0.4, 0.5) is 13.2 Å². The Morgan fingerprint density at radius 1 is 0.857 bits per heavy atom. The molecule has 128 valence electrons. The number of alkyl halides is 3. The average molecular weight is 330 g/mol. The molecular formula is C14H29F3O3Si. The third kappa shape index (κ3) is 5.88. The van der Waals surface area contributed by atoms with E-state index in [1.165, 1.54) is 0 Å². The van der Waals surface area contributed by atoms with Gasteiger partial charge in [0.2, 0.25) is 0 Å². The van der Waals surface area contributed by atoms with Crippen molar-refractivity contribution < 1.29 is 26.4 Å². The average Bonchev–Trinajstić information content (AvgIpc) is 2.43. The Labute approximate surface area is 127 Å². The molecule has 0 aromatic rings. The zero-order chi connectivity index (χ0) is 16.4. The van der Waals surface area contributed by atoms with Crippen molar-refractivity contribution in [2.75, 3.05) is 19.8 Å². The van der Waals surface area contributed by atoms with Crippen molar-refractivity contribution in [2.24, 2.45) is 0 Å². The molecule has 7 heteroatoms. The van der Waals surface area contributed by atoms with Gasteiger partial charge in [0.25, 0.3) is 0 Å². The molecule has 0 aliphatic carbocycles. The molecule has 0 amide bonds. The molecule has 0 aliphatic heterocycles. The van der Waals surface area contributed by atoms with Crippen LogP contribution in [0.25, 0.3) is 0 Å². The van der Waals surface area contributed by atoms with Crippen molar-refractivity contribution in [1.29, 1.82) is 0 Å². The second kappa shape index (κ2) is 10.6. The Balaban J connectivity index is 4.94. The fourth-order valence-corrected chi connectivity index (χ4v) is 4.60. The Morgan fingerprint density at radius 3 is 1.71 bits per heavy atom. The number of hydrogen-bond donors (Lipinski definition) is 0. The Kier molecular flexibility index (Phi) is 10.5. The van der Waals surface area contributed by atoms with Gasteiger partial charge in [0.1, 0.15) is 0 Å². The van der Waals surface area contributed by atoms with E-state index in [-0.39, 0.29) is 26.2 Å². The first-order chi connectivity index (χ1) is 9.91. The maximum atomic E-state index is 14.5. The standard InChI is InChI=1S/C14H29F3O3Si/c1-5-9-10-11-12-13(15)14(16,17)21(18-6-2,19-7-3)20-8-4/h13H,5-12H2,1-4H3. The molecule has 0 N–H and O–H groups in total. The molecule has 0 fully saturated rings. The molecule has 3 nitrogen and oxygen atoms in total. The van der Waals surface area contributed by atoms with Gasteiger partial charge in [-0.1, -0.05) is 32.6 Å². The van der Waals surface area contributed by atoms with Crippen LogP contribution in [-0.2, 0) is 13.3 Å². The van der Waals surface area contributed by atoms with Crippen molar-refractivity contribution in [1.82, 2.24) is 0 Å². The molecule has 0 aromatic carbocycles. The van der Waals surface area contributed by atoms with E-state index < -0.39 is 20.5 Å². The number of unbranched alkanes of at least 4 members (excludes halogenated alkanes) is 3. The molecule has 1 atom stereocenters. The smallest absolute Gasteiger partial charge is 0.370 e. The molecule has 0 rings (SSSR count). The highest BCUT2D eigenvalue weighted by molar-refractivity contribution is 6.63. The monoisotopic (exact) mass is 330 g/mol. The van der Waals surface area contributed by atoms with Crippen LogP contribution in [0, 0.1) is 0 Å². The van der Waals surface area contributed by atoms with Gasteiger partial charge < -0.3 is 13.3 Å². The van der Waals surface area contributed by atoms with E-state index in [0.29, 0.717) is 6.42 Å². The fourth-order valence-electron chi connectivity index (χ4n) is 2.11. The summed E-state index contributed by atoms with van der Waals surface area (Å²) >= 11 is 0. The van der Waals surface area contributed by atoms with E-state index in [1.807, 2.05) is 6.92 Å². The highest BCUT2D eigenvalue weighted by atomic mass is 28.4. The zero-order valence-electron chi connectivity index (χ0n) is 13.6. The first-order valence-corrected chi connectivity index (χ1v) is 9.57. The summed E-state index contributed by atoms with van der Waals surface area (Å²) in [6.07, 6.45) is 0.575. The molecule has 0 bridgehead atoms. The summed E-state index contributed by atoms with van der Waals surface area (Å²) in [6.45, 7) is 6.75. The lowest BCUT2D eigenvalue weighted by atomic mass is 10.1. The Morgan fingerprint density at radius 2 is 1.33 bits per heavy atom. The van der Waals surface area contributed by atoms with Gasteiger partial charge in [-0.05, 0) is 27.2 Å². The first kappa shape index (κ1) is 20.9. The fraction of sp³-hybridized carbons (Fsp3) is 1.00. The minimum absolute atomic E-state index is 0.00433. The lowest BCUT2D eigenvalue weighted by molar-refractivity contribution is -0.0938. The molecule has 0 aliphatic rings. The lowest BCUT2D eigenvalue weighted by Gasteiger charge is -2.36. The summed E-state index contributed by atoms with van der Waals surface area (Å²) in [4.78, 5) is 0. The van der Waals surface area contributed by atoms with Gasteiger partial charge in [-0.3, -0.25) is 0 Å². The summed E-state index contributed by atoms with van der Waals surface area (Å²) < 4.78 is 58.5. The molecule has 0 spiro atoms. The zero-order valence-corrected chi connectivity index (χ0v) is 14.6. The third-order valence-corrected chi connectivity index (χ3v) is 6.25. The normalized spacial score (nSPS) is 14.4. The van der Waals surface area contributed by atoms with Crippen LogP contribution in [0.15, 0.2) is 0 Å². The van der Waals surface area contributed by atoms with Crippen molar-refractivity contribution in [2.45, 2.75) is 71.5 Å². The van der Waals surface area contributed by atoms with Gasteiger partial charge >= 0.3 is 14.4 Å². The third-order valence-electron chi connectivity index (χ3n) is 3.12. The molecule has 0 radical (unpaired) electrons. The molecule has 0 saturated heterocycles. The molecule has 0 saturated carbocycles. The number of hydrogen-bond acceptors (Lipinski definition) is 3. The van der Waals surface area contributed by atoms with Crippen LogP contribution in [0.5, 0.6) is 0 Å². The van der Waals surface area contributed by atoms with Crippen LogP contribution in [0.2, 0.25) is 0 Å². The summed E-state index contributed by atoms with van der Waals surface area (Å²) in [5, 5.41) is 0. The predicted octanol–water partition coefficient (Wildman–Crippen LogP) is 4.52. The van der Waals surface area contributed by atoms with Crippen molar-refractivity contribution >= 4 is 8.80 Å². The maximum Gasteiger partial charge on any atom is 0.577 e. The summed E-state index contributed by atoms with van der Waals surface area (Å²) in [5.41, 5.74) is -3.72. The minimum atomic E-state index is -4.36. The first-order valence-electron chi connectivity index (χ1n) is 7.85. The molecule has 21 heavy (non-hydrogen) atoms. The van der Waals surface area contributed by atoms with Gasteiger partial charge in [0.15, 0.2) is 6.17 Å². The molecule has 0 aromatic heterocycles. The van der Waals surface area contributed by atoms with Crippen LogP contribution >= 0.6 is 0 Å². The van der Waals surface area contributed by atoms with E-state index in [0.717, 1.165) is 19.3 Å². The van der Waals surface area contributed by atoms with E-state index in [9.17, 15) is 13.2 Å². The van der Waals surface area contributed by atoms with Gasteiger partial charge in [0, 0.05) is 19.8 Å². The van der Waals surface area contributed by atoms with Crippen LogP contribution in [0.3, 0.4) is 0 Å². The van der Waals surface area contributed by atoms with Crippen molar-refractivity contribution in [3.63, 3.8) is 0 Å². The Hall–Kier alpha value is -0.113. The van der Waals surface area contributed by atoms with Crippen molar-refractivity contribution in [3.8, 4) is 0 Å². The largest absolute Gasteiger partial charge is 0.577 e. The maximum absolute atomic E-state index is 14.5. The van der Waals surface area contributed by atoms with Crippen LogP contribution in [-0.4, -0.2) is 40.3 Å². The highest BCUT2D eigenvalue weighted by Gasteiger charge is 2.68. The Bertz CT molecular complexity index is 251. The van der Waals surface area contributed by atoms with E-state index in [4.69, 9.17) is 13.3 Å². The second-order valence-electron chi connectivity index (χ2n) is 4.80. The highest BCUT2D eigenvalue weighted by Crippen LogP contribution is 2.37. The van der Waals surface area contributed by atoms with Gasteiger partial charge in [-0.25, -0.2) is 4.39 Å². The lowest BCUT2D eigenvalue weighted by Crippen LogP contribution is -2.64. The quantitative estimate of drug-likeness (QED) is 0.367. The van der Waals surface area contributed by atoms with Crippen LogP contribution in [0.1, 0.15) is 59.8 Å². The van der Waals surface area contributed by atoms with Crippen molar-refractivity contribution in [3.05, 3.63) is 0 Å². The second-order valence-corrected chi connectivity index (χ2v) is 7.44. The van der Waals surface area contributed by atoms with E-state index in [2.05, 4.69) is 0 Å². The van der Waals surface area contributed by atoms with Gasteiger partial charge in [-0.15, -0.1) is 0 Å². The van der Waals surface area contributed by atoms with Gasteiger partial charge in [-0.2, -0.15) is 8.78 Å². The molecular weight excluding hydrogens is 301 g/mol. The summed E-state index contributed by atoms with van der Waals surface area (Å²) in [6, 6.07) is 0. The number of rotatable bonds is 13. The van der Waals surface area contributed by atoms with E-state index in [1.54, 1.807) is 20.8 Å².